The van der Waals surface area contributed by atoms with Crippen LogP contribution in [0.4, 0.5) is 0 Å². The third-order valence-electron chi connectivity index (χ3n) is 4.44. The molecule has 106 valence electrons. The van der Waals surface area contributed by atoms with Gasteiger partial charge in [0.25, 0.3) is 0 Å². The van der Waals surface area contributed by atoms with Gasteiger partial charge in [-0.1, -0.05) is 38.5 Å². The molecule has 0 aromatic heterocycles. The highest BCUT2D eigenvalue weighted by molar-refractivity contribution is 7.89. The van der Waals surface area contributed by atoms with Gasteiger partial charge in [-0.15, -0.1) is 0 Å². The van der Waals surface area contributed by atoms with E-state index < -0.39 is 10.0 Å². The predicted octanol–water partition coefficient (Wildman–Crippen LogP) is 3.10. The van der Waals surface area contributed by atoms with Crippen LogP contribution in [0.5, 0.6) is 0 Å². The van der Waals surface area contributed by atoms with Crippen molar-refractivity contribution in [3.8, 4) is 0 Å². The molecule has 3 unspecified atom stereocenters. The normalized spacial score (nSPS) is 27.6. The Bertz CT molecular complexity index is 539. The number of hydrogen-bond acceptors (Lipinski definition) is 2. The highest BCUT2D eigenvalue weighted by atomic mass is 32.2. The lowest BCUT2D eigenvalue weighted by molar-refractivity contribution is 0.368. The average molecular weight is 281 g/mol. The maximum atomic E-state index is 12.4. The van der Waals surface area contributed by atoms with Crippen molar-refractivity contribution in [2.24, 2.45) is 11.8 Å². The maximum absolute atomic E-state index is 12.4. The van der Waals surface area contributed by atoms with Crippen LogP contribution in [-0.4, -0.2) is 14.5 Å². The minimum absolute atomic E-state index is 0.0783. The highest BCUT2D eigenvalue weighted by Gasteiger charge is 2.34. The molecule has 1 saturated carbocycles. The van der Waals surface area contributed by atoms with Crippen LogP contribution in [0.15, 0.2) is 29.2 Å². The zero-order valence-corrected chi connectivity index (χ0v) is 12.7. The molecular formula is C15H23NO2S. The Hall–Kier alpha value is -0.870. The van der Waals surface area contributed by atoms with Crippen molar-refractivity contribution in [1.29, 1.82) is 0 Å². The van der Waals surface area contributed by atoms with Crippen molar-refractivity contribution < 1.29 is 8.42 Å². The summed E-state index contributed by atoms with van der Waals surface area (Å²) >= 11 is 0. The van der Waals surface area contributed by atoms with Crippen molar-refractivity contribution in [2.45, 2.75) is 51.0 Å². The first kappa shape index (κ1) is 14.5. The van der Waals surface area contributed by atoms with Crippen LogP contribution >= 0.6 is 0 Å². The van der Waals surface area contributed by atoms with Crippen molar-refractivity contribution in [3.05, 3.63) is 29.8 Å². The molecule has 0 heterocycles. The zero-order chi connectivity index (χ0) is 14.0. The van der Waals surface area contributed by atoms with Crippen LogP contribution in [0.3, 0.4) is 0 Å². The zero-order valence-electron chi connectivity index (χ0n) is 11.9. The van der Waals surface area contributed by atoms with E-state index in [0.717, 1.165) is 24.8 Å². The minimum atomic E-state index is -3.39. The molecule has 3 nitrogen and oxygen atoms in total. The lowest BCUT2D eigenvalue weighted by Gasteiger charge is -2.21. The Morgan fingerprint density at radius 2 is 1.95 bits per heavy atom. The quantitative estimate of drug-likeness (QED) is 0.921. The van der Waals surface area contributed by atoms with E-state index in [1.165, 1.54) is 0 Å². The maximum Gasteiger partial charge on any atom is 0.241 e. The third kappa shape index (κ3) is 3.00. The molecule has 2 rings (SSSR count). The Morgan fingerprint density at radius 3 is 2.53 bits per heavy atom. The number of rotatable bonds is 4. The summed E-state index contributed by atoms with van der Waals surface area (Å²) in [5.74, 6) is 1.06. The van der Waals surface area contributed by atoms with E-state index in [4.69, 9.17) is 0 Å². The van der Waals surface area contributed by atoms with E-state index in [-0.39, 0.29) is 6.04 Å². The second-order valence-electron chi connectivity index (χ2n) is 5.60. The van der Waals surface area contributed by atoms with Crippen LogP contribution in [0.2, 0.25) is 0 Å². The van der Waals surface area contributed by atoms with E-state index in [1.807, 2.05) is 19.1 Å². The molecule has 1 aromatic carbocycles. The Morgan fingerprint density at radius 1 is 1.26 bits per heavy atom. The minimum Gasteiger partial charge on any atom is -0.208 e. The number of sulfonamides is 1. The molecular weight excluding hydrogens is 258 g/mol. The fourth-order valence-corrected chi connectivity index (χ4v) is 4.72. The van der Waals surface area contributed by atoms with E-state index in [2.05, 4.69) is 18.6 Å². The van der Waals surface area contributed by atoms with Gasteiger partial charge in [0.15, 0.2) is 0 Å². The summed E-state index contributed by atoms with van der Waals surface area (Å²) in [7, 11) is -3.39. The molecule has 0 aliphatic heterocycles. The van der Waals surface area contributed by atoms with Gasteiger partial charge in [0.05, 0.1) is 4.90 Å². The molecule has 3 atom stereocenters. The second kappa shape index (κ2) is 5.63. The third-order valence-corrected chi connectivity index (χ3v) is 6.09. The summed E-state index contributed by atoms with van der Waals surface area (Å²) in [6.45, 7) is 6.17. The highest BCUT2D eigenvalue weighted by Crippen LogP contribution is 2.34. The molecule has 1 aliphatic carbocycles. The molecule has 4 heteroatoms. The van der Waals surface area contributed by atoms with Gasteiger partial charge >= 0.3 is 0 Å². The summed E-state index contributed by atoms with van der Waals surface area (Å²) in [6, 6.07) is 7.22. The summed E-state index contributed by atoms with van der Waals surface area (Å²) in [5, 5.41) is 0. The first-order chi connectivity index (χ1) is 8.95. The van der Waals surface area contributed by atoms with Crippen molar-refractivity contribution in [2.75, 3.05) is 0 Å². The summed E-state index contributed by atoms with van der Waals surface area (Å²) in [6.07, 6.45) is 3.20. The van der Waals surface area contributed by atoms with Gasteiger partial charge in [-0.25, -0.2) is 13.1 Å². The first-order valence-electron chi connectivity index (χ1n) is 7.03. The molecule has 0 spiro atoms. The van der Waals surface area contributed by atoms with Crippen LogP contribution in [0.1, 0.15) is 38.7 Å². The lowest BCUT2D eigenvalue weighted by atomic mass is 9.94. The lowest BCUT2D eigenvalue weighted by Crippen LogP contribution is -2.37. The van der Waals surface area contributed by atoms with Crippen molar-refractivity contribution in [3.63, 3.8) is 0 Å². The summed E-state index contributed by atoms with van der Waals surface area (Å²) < 4.78 is 27.8. The standard InChI is InChI=1S/C15H23NO2S/c1-4-13-9-10-14(12(13)3)16-19(17,18)15-8-6-5-7-11(15)2/h5-8,12-14,16H,4,9-10H2,1-3H3. The van der Waals surface area contributed by atoms with Gasteiger partial charge in [0.1, 0.15) is 0 Å². The Balaban J connectivity index is 2.17. The number of aryl methyl sites for hydroxylation is 1. The van der Waals surface area contributed by atoms with Gasteiger partial charge in [-0.05, 0) is 43.2 Å². The SMILES string of the molecule is CCC1CCC(NS(=O)(=O)c2ccccc2C)C1C. The van der Waals surface area contributed by atoms with E-state index in [9.17, 15) is 8.42 Å². The van der Waals surface area contributed by atoms with E-state index >= 15 is 0 Å². The van der Waals surface area contributed by atoms with Crippen molar-refractivity contribution >= 4 is 10.0 Å². The molecule has 1 N–H and O–H groups in total. The molecule has 0 amide bonds. The van der Waals surface area contributed by atoms with Gasteiger partial charge in [0.2, 0.25) is 10.0 Å². The Labute approximate surface area is 116 Å². The molecule has 0 bridgehead atoms. The van der Waals surface area contributed by atoms with Crippen LogP contribution < -0.4 is 4.72 Å². The molecule has 0 radical (unpaired) electrons. The topological polar surface area (TPSA) is 46.2 Å². The summed E-state index contributed by atoms with van der Waals surface area (Å²) in [4.78, 5) is 0.405. The molecule has 0 saturated heterocycles. The average Bonchev–Trinajstić information content (AvgIpc) is 2.70. The Kier molecular flexibility index (Phi) is 4.31. The molecule has 19 heavy (non-hydrogen) atoms. The van der Waals surface area contributed by atoms with E-state index in [0.29, 0.717) is 16.7 Å². The first-order valence-corrected chi connectivity index (χ1v) is 8.52. The van der Waals surface area contributed by atoms with Gasteiger partial charge < -0.3 is 0 Å². The second-order valence-corrected chi connectivity index (χ2v) is 7.28. The van der Waals surface area contributed by atoms with Gasteiger partial charge in [-0.2, -0.15) is 0 Å². The fourth-order valence-electron chi connectivity index (χ4n) is 3.11. The monoisotopic (exact) mass is 281 g/mol. The molecule has 1 fully saturated rings. The smallest absolute Gasteiger partial charge is 0.208 e. The number of benzene rings is 1. The van der Waals surface area contributed by atoms with Crippen LogP contribution in [-0.2, 0) is 10.0 Å². The fraction of sp³-hybridized carbons (Fsp3) is 0.600. The number of nitrogens with one attached hydrogen (secondary N) is 1. The number of hydrogen-bond donors (Lipinski definition) is 1. The van der Waals surface area contributed by atoms with Crippen LogP contribution in [0, 0.1) is 18.8 Å². The molecule has 1 aromatic rings. The predicted molar refractivity (Wildman–Crippen MR) is 77.5 cm³/mol. The summed E-state index contributed by atoms with van der Waals surface area (Å²) in [5.41, 5.74) is 0.799. The van der Waals surface area contributed by atoms with Gasteiger partial charge in [-0.3, -0.25) is 0 Å². The van der Waals surface area contributed by atoms with Crippen molar-refractivity contribution in [1.82, 2.24) is 4.72 Å². The van der Waals surface area contributed by atoms with Gasteiger partial charge in [0, 0.05) is 6.04 Å². The molecule has 1 aliphatic rings. The largest absolute Gasteiger partial charge is 0.241 e. The van der Waals surface area contributed by atoms with Crippen LogP contribution in [0.25, 0.3) is 0 Å². The van der Waals surface area contributed by atoms with E-state index in [1.54, 1.807) is 12.1 Å².